The molecular weight excluding hydrogens is 402 g/mol. The summed E-state index contributed by atoms with van der Waals surface area (Å²) in [5.41, 5.74) is 3.46. The fraction of sp³-hybridized carbons (Fsp3) is 0.400. The summed E-state index contributed by atoms with van der Waals surface area (Å²) < 4.78 is 3.63. The van der Waals surface area contributed by atoms with E-state index in [1.54, 1.807) is 4.68 Å². The number of phenols is 1. The molecule has 3 heterocycles. The van der Waals surface area contributed by atoms with Crippen molar-refractivity contribution in [3.63, 3.8) is 0 Å². The highest BCUT2D eigenvalue weighted by Crippen LogP contribution is 2.36. The van der Waals surface area contributed by atoms with Crippen LogP contribution in [0.15, 0.2) is 41.5 Å². The number of pyridine rings is 2. The average Bonchev–Trinajstić information content (AvgIpc) is 3.17. The number of hydrogen-bond acceptors (Lipinski definition) is 5. The summed E-state index contributed by atoms with van der Waals surface area (Å²) >= 11 is 0. The molecule has 0 spiro atoms. The lowest BCUT2D eigenvalue weighted by molar-refractivity contribution is 0.194. The first-order valence-electron chi connectivity index (χ1n) is 11.2. The van der Waals surface area contributed by atoms with Gasteiger partial charge in [-0.3, -0.25) is 9.48 Å². The van der Waals surface area contributed by atoms with Crippen LogP contribution in [0.2, 0.25) is 0 Å². The molecule has 3 aromatic heterocycles. The summed E-state index contributed by atoms with van der Waals surface area (Å²) in [6.45, 7) is 1.86. The van der Waals surface area contributed by atoms with Crippen LogP contribution >= 0.6 is 0 Å². The molecule has 166 valence electrons. The SMILES string of the molecule is Cc1c(O)c(-c2ccc3c(=O)n(C4CCC(N(C)C)CC4)ccc3n2)cc2cn(C)nc12. The Balaban J connectivity index is 1.52. The number of fused-ring (bicyclic) bond motifs is 2. The van der Waals surface area contributed by atoms with Gasteiger partial charge in [0.15, 0.2) is 0 Å². The number of benzene rings is 1. The van der Waals surface area contributed by atoms with E-state index in [1.165, 1.54) is 0 Å². The third-order valence-electron chi connectivity index (χ3n) is 6.97. The van der Waals surface area contributed by atoms with Crippen LogP contribution in [-0.4, -0.2) is 49.5 Å². The van der Waals surface area contributed by atoms with E-state index in [0.717, 1.165) is 42.1 Å². The van der Waals surface area contributed by atoms with Crippen LogP contribution in [0.25, 0.3) is 33.1 Å². The normalized spacial score (nSPS) is 19.3. The number of aromatic nitrogens is 4. The molecule has 32 heavy (non-hydrogen) atoms. The Hall–Kier alpha value is -3.19. The van der Waals surface area contributed by atoms with E-state index in [4.69, 9.17) is 4.98 Å². The Morgan fingerprint density at radius 2 is 1.88 bits per heavy atom. The number of hydrogen-bond donors (Lipinski definition) is 1. The van der Waals surface area contributed by atoms with Gasteiger partial charge in [-0.05, 0) is 71.0 Å². The summed E-state index contributed by atoms with van der Waals surface area (Å²) in [4.78, 5) is 20.3. The van der Waals surface area contributed by atoms with Crippen LogP contribution < -0.4 is 5.56 Å². The zero-order valence-corrected chi connectivity index (χ0v) is 19.0. The molecule has 0 amide bonds. The predicted molar refractivity (Wildman–Crippen MR) is 127 cm³/mol. The number of aryl methyl sites for hydroxylation is 2. The Morgan fingerprint density at radius 3 is 2.59 bits per heavy atom. The third kappa shape index (κ3) is 3.37. The van der Waals surface area contributed by atoms with E-state index in [1.807, 2.05) is 55.2 Å². The highest BCUT2D eigenvalue weighted by atomic mass is 16.3. The van der Waals surface area contributed by atoms with Crippen molar-refractivity contribution < 1.29 is 5.11 Å². The number of nitrogens with zero attached hydrogens (tertiary/aromatic N) is 5. The molecule has 1 aliphatic carbocycles. The second kappa shape index (κ2) is 7.74. The summed E-state index contributed by atoms with van der Waals surface area (Å²) in [6, 6.07) is 8.33. The Kier molecular flexibility index (Phi) is 5.01. The monoisotopic (exact) mass is 431 g/mol. The molecule has 7 heteroatoms. The zero-order chi connectivity index (χ0) is 22.6. The number of rotatable bonds is 3. The maximum Gasteiger partial charge on any atom is 0.260 e. The highest BCUT2D eigenvalue weighted by molar-refractivity contribution is 5.91. The van der Waals surface area contributed by atoms with E-state index in [9.17, 15) is 9.90 Å². The Morgan fingerprint density at radius 1 is 1.12 bits per heavy atom. The van der Waals surface area contributed by atoms with Crippen molar-refractivity contribution >= 4 is 21.8 Å². The van der Waals surface area contributed by atoms with Crippen molar-refractivity contribution in [3.05, 3.63) is 52.6 Å². The van der Waals surface area contributed by atoms with Gasteiger partial charge in [0.2, 0.25) is 0 Å². The van der Waals surface area contributed by atoms with Gasteiger partial charge in [-0.2, -0.15) is 5.10 Å². The Labute approximate surface area is 186 Å². The molecule has 1 aromatic carbocycles. The maximum atomic E-state index is 13.2. The average molecular weight is 432 g/mol. The second-order valence-corrected chi connectivity index (χ2v) is 9.22. The van der Waals surface area contributed by atoms with Crippen LogP contribution in [0.1, 0.15) is 37.3 Å². The van der Waals surface area contributed by atoms with Crippen LogP contribution in [0.5, 0.6) is 5.75 Å². The van der Waals surface area contributed by atoms with Crippen molar-refractivity contribution in [1.29, 1.82) is 0 Å². The van der Waals surface area contributed by atoms with Gasteiger partial charge < -0.3 is 14.6 Å². The molecule has 1 saturated carbocycles. The predicted octanol–water partition coefficient (Wildman–Crippen LogP) is 4.01. The molecular formula is C25H29N5O2. The minimum Gasteiger partial charge on any atom is -0.507 e. The van der Waals surface area contributed by atoms with Gasteiger partial charge in [-0.1, -0.05) is 0 Å². The standard InChI is InChI=1S/C25H29N5O2/c1-15-23-16(14-29(4)27-23)13-20(24(15)31)21-10-9-19-22(26-21)11-12-30(25(19)32)18-7-5-17(6-8-18)28(2)3/h9-14,17-18,31H,5-8H2,1-4H3. The molecule has 0 unspecified atom stereocenters. The summed E-state index contributed by atoms with van der Waals surface area (Å²) in [5.74, 6) is 0.175. The molecule has 1 aliphatic rings. The van der Waals surface area contributed by atoms with Crippen LogP contribution in [0, 0.1) is 6.92 Å². The van der Waals surface area contributed by atoms with Gasteiger partial charge in [0.1, 0.15) is 5.75 Å². The topological polar surface area (TPSA) is 76.2 Å². The molecule has 0 saturated heterocycles. The molecule has 0 bridgehead atoms. The van der Waals surface area contributed by atoms with Crippen molar-refractivity contribution in [3.8, 4) is 17.0 Å². The van der Waals surface area contributed by atoms with Crippen molar-refractivity contribution in [2.75, 3.05) is 14.1 Å². The lowest BCUT2D eigenvalue weighted by Crippen LogP contribution is -2.35. The van der Waals surface area contributed by atoms with Crippen molar-refractivity contribution in [1.82, 2.24) is 24.2 Å². The largest absolute Gasteiger partial charge is 0.507 e. The summed E-state index contributed by atoms with van der Waals surface area (Å²) in [7, 11) is 6.12. The molecule has 5 rings (SSSR count). The van der Waals surface area contributed by atoms with Crippen LogP contribution in [0.3, 0.4) is 0 Å². The maximum absolute atomic E-state index is 13.2. The first-order valence-corrected chi connectivity index (χ1v) is 11.2. The van der Waals surface area contributed by atoms with Crippen molar-refractivity contribution in [2.45, 2.75) is 44.7 Å². The number of aromatic hydroxyl groups is 1. The molecule has 7 nitrogen and oxygen atoms in total. The smallest absolute Gasteiger partial charge is 0.260 e. The summed E-state index contributed by atoms with van der Waals surface area (Å²) in [6.07, 6.45) is 8.05. The molecule has 0 atom stereocenters. The second-order valence-electron chi connectivity index (χ2n) is 9.22. The third-order valence-corrected chi connectivity index (χ3v) is 6.97. The van der Waals surface area contributed by atoms with E-state index < -0.39 is 0 Å². The van der Waals surface area contributed by atoms with Gasteiger partial charge in [-0.15, -0.1) is 0 Å². The first kappa shape index (κ1) is 20.7. The Bertz CT molecular complexity index is 1380. The zero-order valence-electron chi connectivity index (χ0n) is 19.0. The lowest BCUT2D eigenvalue weighted by atomic mass is 9.90. The highest BCUT2D eigenvalue weighted by Gasteiger charge is 2.24. The van der Waals surface area contributed by atoms with Gasteiger partial charge in [-0.25, -0.2) is 4.98 Å². The fourth-order valence-electron chi connectivity index (χ4n) is 5.07. The van der Waals surface area contributed by atoms with E-state index in [-0.39, 0.29) is 17.4 Å². The van der Waals surface area contributed by atoms with Gasteiger partial charge >= 0.3 is 0 Å². The van der Waals surface area contributed by atoms with E-state index in [2.05, 4.69) is 24.1 Å². The van der Waals surface area contributed by atoms with Gasteiger partial charge in [0, 0.05) is 48.0 Å². The lowest BCUT2D eigenvalue weighted by Gasteiger charge is -2.33. The van der Waals surface area contributed by atoms with Gasteiger partial charge in [0.05, 0.1) is 22.1 Å². The van der Waals surface area contributed by atoms with Gasteiger partial charge in [0.25, 0.3) is 5.56 Å². The van der Waals surface area contributed by atoms with E-state index >= 15 is 0 Å². The fourth-order valence-corrected chi connectivity index (χ4v) is 5.07. The summed E-state index contributed by atoms with van der Waals surface area (Å²) in [5, 5.41) is 16.8. The van der Waals surface area contributed by atoms with Crippen LogP contribution in [-0.2, 0) is 7.05 Å². The molecule has 0 radical (unpaired) electrons. The molecule has 1 fully saturated rings. The number of phenolic OH excluding ortho intramolecular Hbond substituents is 1. The van der Waals surface area contributed by atoms with Crippen LogP contribution in [0.4, 0.5) is 0 Å². The molecule has 0 aliphatic heterocycles. The van der Waals surface area contributed by atoms with Crippen molar-refractivity contribution in [2.24, 2.45) is 7.05 Å². The molecule has 4 aromatic rings. The quantitative estimate of drug-likeness (QED) is 0.530. The first-order chi connectivity index (χ1) is 15.3. The minimum atomic E-state index is 0.0120. The van der Waals surface area contributed by atoms with E-state index in [0.29, 0.717) is 28.2 Å². The minimum absolute atomic E-state index is 0.0120. The molecule has 1 N–H and O–H groups in total.